The predicted octanol–water partition coefficient (Wildman–Crippen LogP) is 9.63. The minimum Gasteiger partial charge on any atom is -0.481 e. The van der Waals surface area contributed by atoms with Gasteiger partial charge in [-0.2, -0.15) is 13.0 Å². The molecule has 0 radical (unpaired) electrons. The van der Waals surface area contributed by atoms with Gasteiger partial charge < -0.3 is 19.0 Å². The molecule has 0 spiro atoms. The summed E-state index contributed by atoms with van der Waals surface area (Å²) >= 11 is 0. The lowest BCUT2D eigenvalue weighted by molar-refractivity contribution is -0.871. The zero-order chi connectivity index (χ0) is 45.4. The molecule has 9 nitrogen and oxygen atoms in total. The van der Waals surface area contributed by atoms with Gasteiger partial charge in [0.2, 0.25) is 5.69 Å². The largest absolute Gasteiger partial charge is 0.481 e. The van der Waals surface area contributed by atoms with Crippen molar-refractivity contribution in [2.45, 2.75) is 95.3 Å². The molecule has 6 rings (SSSR count). The van der Waals surface area contributed by atoms with Crippen LogP contribution in [0.1, 0.15) is 94.0 Å². The van der Waals surface area contributed by atoms with Crippen molar-refractivity contribution in [1.82, 2.24) is 0 Å². The van der Waals surface area contributed by atoms with Gasteiger partial charge in [0.1, 0.15) is 0 Å². The van der Waals surface area contributed by atoms with Crippen LogP contribution in [0.5, 0.6) is 0 Å². The molecule has 2 N–H and O–H groups in total. The number of allylic oxidation sites excluding steroid dienone is 8. The third-order valence-corrected chi connectivity index (χ3v) is 13.8. The van der Waals surface area contributed by atoms with Crippen molar-refractivity contribution in [1.29, 1.82) is 0 Å². The lowest BCUT2D eigenvalue weighted by Crippen LogP contribution is -2.37. The number of fused-ring (bicyclic) bond motifs is 2. The first-order chi connectivity index (χ1) is 28.9. The summed E-state index contributed by atoms with van der Waals surface area (Å²) < 4.78 is 39.0. The average Bonchev–Trinajstić information content (AvgIpc) is 3.51. The first-order valence-electron chi connectivity index (χ1n) is 22.3. The fourth-order valence-electron chi connectivity index (χ4n) is 9.57. The summed E-state index contributed by atoms with van der Waals surface area (Å²) in [4.78, 5) is 13.7. The van der Waals surface area contributed by atoms with Crippen LogP contribution in [-0.4, -0.2) is 112 Å². The molecule has 10 heteroatoms. The third-order valence-electron chi connectivity index (χ3n) is 12.9. The number of anilines is 1. The fourth-order valence-corrected chi connectivity index (χ4v) is 10.1. The van der Waals surface area contributed by atoms with Crippen molar-refractivity contribution >= 4 is 38.7 Å². The number of hydrogen-bond acceptors (Lipinski definition) is 4. The molecule has 1 aliphatic carbocycles. The molecule has 0 atom stereocenters. The fraction of sp³-hybridized carbons (Fsp3) is 0.462. The van der Waals surface area contributed by atoms with Gasteiger partial charge in [-0.05, 0) is 110 Å². The molecule has 0 saturated heterocycles. The Hall–Kier alpha value is -4.61. The zero-order valence-electron chi connectivity index (χ0n) is 39.2. The molecule has 0 aromatic heterocycles. The maximum atomic E-state index is 12.3. The van der Waals surface area contributed by atoms with Crippen molar-refractivity contribution in [3.63, 3.8) is 0 Å². The first-order valence-corrected chi connectivity index (χ1v) is 23.7. The molecule has 62 heavy (non-hydrogen) atoms. The van der Waals surface area contributed by atoms with Crippen LogP contribution in [0.25, 0.3) is 5.57 Å². The van der Waals surface area contributed by atoms with E-state index in [1.165, 1.54) is 45.3 Å². The summed E-state index contributed by atoms with van der Waals surface area (Å²) in [5.74, 6) is -0.802. The molecule has 0 unspecified atom stereocenters. The molecular weight excluding hydrogens is 793 g/mol. The van der Waals surface area contributed by atoms with E-state index < -0.39 is 21.5 Å². The highest BCUT2D eigenvalue weighted by Crippen LogP contribution is 2.49. The number of aryl methyl sites for hydroxylation is 2. The van der Waals surface area contributed by atoms with Crippen molar-refractivity contribution in [2.24, 2.45) is 0 Å². The summed E-state index contributed by atoms with van der Waals surface area (Å²) in [6.07, 6.45) is 14.6. The summed E-state index contributed by atoms with van der Waals surface area (Å²) in [5.41, 5.74) is 13.2. The van der Waals surface area contributed by atoms with Crippen molar-refractivity contribution in [3.8, 4) is 0 Å². The molecule has 0 saturated carbocycles. The minimum atomic E-state index is -4.38. The van der Waals surface area contributed by atoms with Gasteiger partial charge in [0.15, 0.2) is 12.3 Å². The summed E-state index contributed by atoms with van der Waals surface area (Å²) in [7, 11) is 8.96. The van der Waals surface area contributed by atoms with E-state index >= 15 is 0 Å². The Morgan fingerprint density at radius 2 is 1.50 bits per heavy atom. The van der Waals surface area contributed by atoms with Crippen molar-refractivity contribution in [3.05, 3.63) is 130 Å². The van der Waals surface area contributed by atoms with Crippen LogP contribution in [-0.2, 0) is 32.2 Å². The van der Waals surface area contributed by atoms with Crippen molar-refractivity contribution in [2.75, 3.05) is 73.4 Å². The highest BCUT2D eigenvalue weighted by Gasteiger charge is 2.45. The average molecular weight is 864 g/mol. The number of hydrogen-bond donors (Lipinski definition) is 2. The Balaban J connectivity index is 1.49. The molecule has 0 amide bonds. The number of quaternary nitrogens is 2. The highest BCUT2D eigenvalue weighted by molar-refractivity contribution is 7.85. The van der Waals surface area contributed by atoms with Gasteiger partial charge in [-0.1, -0.05) is 61.9 Å². The van der Waals surface area contributed by atoms with E-state index in [-0.39, 0.29) is 16.7 Å². The number of nitrogens with zero attached hydrogens (tertiary/aromatic N) is 4. The van der Waals surface area contributed by atoms with Gasteiger partial charge in [0, 0.05) is 53.9 Å². The number of carboxylic acids is 1. The molecule has 3 aliphatic rings. The maximum Gasteiger partial charge on any atom is 0.303 e. The van der Waals surface area contributed by atoms with Crippen LogP contribution in [0.15, 0.2) is 107 Å². The van der Waals surface area contributed by atoms with Crippen LogP contribution in [0.2, 0.25) is 0 Å². The molecule has 3 aromatic carbocycles. The normalized spacial score (nSPS) is 19.0. The molecular formula is C52H71N4O5S+3. The van der Waals surface area contributed by atoms with Crippen LogP contribution in [0.3, 0.4) is 0 Å². The predicted molar refractivity (Wildman–Crippen MR) is 254 cm³/mol. The van der Waals surface area contributed by atoms with Gasteiger partial charge >= 0.3 is 5.97 Å². The van der Waals surface area contributed by atoms with Gasteiger partial charge in [-0.3, -0.25) is 9.35 Å². The smallest absolute Gasteiger partial charge is 0.303 e. The van der Waals surface area contributed by atoms with Gasteiger partial charge in [0.05, 0.1) is 72.1 Å². The number of carboxylic acid groups (broad SMARTS) is 1. The number of carbonyl (C=O) groups is 1. The summed E-state index contributed by atoms with van der Waals surface area (Å²) in [6.45, 7) is 14.9. The van der Waals surface area contributed by atoms with Gasteiger partial charge in [-0.15, -0.1) is 0 Å². The molecule has 2 heterocycles. The number of rotatable bonds is 16. The van der Waals surface area contributed by atoms with Crippen molar-refractivity contribution < 1.29 is 36.4 Å². The van der Waals surface area contributed by atoms with Crippen LogP contribution in [0.4, 0.5) is 11.4 Å². The zero-order valence-corrected chi connectivity index (χ0v) is 40.0. The molecule has 3 aromatic rings. The molecule has 0 fully saturated rings. The molecule has 2 aliphatic heterocycles. The van der Waals surface area contributed by atoms with E-state index in [9.17, 15) is 22.9 Å². The standard InChI is InChI=1S/C52H69N4O5S/c1-37-17-26-45-43(35-37)51(2,3)47(53(45)31-13-33-55(6,7)8)28-23-39-15-12-16-40(50(39)41-21-18-38(19-22-41)20-30-49(57)58)24-29-48-52(4,5)44-36-42(62(59,60)61)25-27-46(44)54(48)32-14-34-56(9,10)11/h17-19,21-29,35-36H,12-16,20,30-34H2,1-11H3/q+1/p+2. The summed E-state index contributed by atoms with van der Waals surface area (Å²) in [6, 6.07) is 20.3. The second-order valence-corrected chi connectivity index (χ2v) is 22.2. The Labute approximate surface area is 372 Å². The Kier molecular flexibility index (Phi) is 13.5. The Morgan fingerprint density at radius 3 is 2.15 bits per heavy atom. The van der Waals surface area contributed by atoms with Crippen LogP contribution in [0, 0.1) is 6.92 Å². The van der Waals surface area contributed by atoms with Gasteiger partial charge in [-0.25, -0.2) is 0 Å². The molecule has 332 valence electrons. The van der Waals surface area contributed by atoms with E-state index in [1.54, 1.807) is 6.07 Å². The van der Waals surface area contributed by atoms with E-state index in [0.29, 0.717) is 6.42 Å². The highest BCUT2D eigenvalue weighted by atomic mass is 32.2. The molecule has 0 bridgehead atoms. The summed E-state index contributed by atoms with van der Waals surface area (Å²) in [5, 5.41) is 9.38. The second kappa shape index (κ2) is 17.9. The van der Waals surface area contributed by atoms with E-state index in [1.807, 2.05) is 6.07 Å². The van der Waals surface area contributed by atoms with Gasteiger partial charge in [0.25, 0.3) is 10.1 Å². The maximum absolute atomic E-state index is 12.3. The SMILES string of the molecule is Cc1ccc2c(c1)C(C)(C)C(/C=C/C1=C(c3ccc(CCC(=O)O)cc3)C(=C/C=C3/N(CCC[N+](C)(C)C)c4ccc(S(=O)(=O)O)cc4C3(C)C)/CCC1)=[N+]2CCC[N+](C)(C)C. The second-order valence-electron chi connectivity index (χ2n) is 20.8. The number of benzene rings is 3. The topological polar surface area (TPSA) is 97.9 Å². The lowest BCUT2D eigenvalue weighted by atomic mass is 9.79. The minimum absolute atomic E-state index is 0.0888. The number of aliphatic carboxylic acids is 1. The quantitative estimate of drug-likeness (QED) is 0.0847. The Bertz CT molecular complexity index is 2470. The lowest BCUT2D eigenvalue weighted by Gasteiger charge is -2.29. The monoisotopic (exact) mass is 864 g/mol. The van der Waals surface area contributed by atoms with E-state index in [4.69, 9.17) is 0 Å². The van der Waals surface area contributed by atoms with Crippen LogP contribution < -0.4 is 4.90 Å². The van der Waals surface area contributed by atoms with E-state index in [0.717, 1.165) is 95.3 Å². The third kappa shape index (κ3) is 10.6. The first kappa shape index (κ1) is 46.9. The Morgan fingerprint density at radius 1 is 0.823 bits per heavy atom. The van der Waals surface area contributed by atoms with E-state index in [2.05, 4.69) is 153 Å². The van der Waals surface area contributed by atoms with Crippen LogP contribution >= 0.6 is 0 Å².